The van der Waals surface area contributed by atoms with Crippen LogP contribution in [0.3, 0.4) is 0 Å². The normalized spacial score (nSPS) is 12.9. The fourth-order valence-electron chi connectivity index (χ4n) is 3.28. The van der Waals surface area contributed by atoms with E-state index in [4.69, 9.17) is 9.47 Å². The second-order valence-corrected chi connectivity index (χ2v) is 6.20. The first-order valence-electron chi connectivity index (χ1n) is 8.78. The lowest BCUT2D eigenvalue weighted by Crippen LogP contribution is -2.22. The Balaban J connectivity index is 2.21. The lowest BCUT2D eigenvalue weighted by atomic mass is 9.82. The number of carbonyl (C=O) groups is 2. The summed E-state index contributed by atoms with van der Waals surface area (Å²) >= 11 is 0. The number of methoxy groups -OCH3 is 2. The Labute approximate surface area is 153 Å². The Bertz CT molecular complexity index is 893. The maximum absolute atomic E-state index is 13.1. The van der Waals surface area contributed by atoms with Crippen molar-refractivity contribution in [1.82, 2.24) is 0 Å². The highest BCUT2D eigenvalue weighted by atomic mass is 16.5. The lowest BCUT2D eigenvalue weighted by Gasteiger charge is -2.22. The van der Waals surface area contributed by atoms with Gasteiger partial charge < -0.3 is 9.47 Å². The molecule has 0 unspecified atom stereocenters. The van der Waals surface area contributed by atoms with Crippen LogP contribution in [0.5, 0.6) is 11.5 Å². The number of unbranched alkanes of at least 4 members (excludes halogenated alkanes) is 2. The van der Waals surface area contributed by atoms with Gasteiger partial charge in [-0.3, -0.25) is 9.59 Å². The van der Waals surface area contributed by atoms with Crippen LogP contribution in [-0.2, 0) is 0 Å². The zero-order valence-electron chi connectivity index (χ0n) is 15.3. The second kappa shape index (κ2) is 7.56. The molecule has 134 valence electrons. The van der Waals surface area contributed by atoms with Gasteiger partial charge in [0.25, 0.3) is 0 Å². The highest BCUT2D eigenvalue weighted by Crippen LogP contribution is 2.41. The summed E-state index contributed by atoms with van der Waals surface area (Å²) < 4.78 is 11.1. The first-order valence-corrected chi connectivity index (χ1v) is 8.78. The predicted molar refractivity (Wildman–Crippen MR) is 101 cm³/mol. The molecule has 0 saturated carbocycles. The average molecular weight is 350 g/mol. The van der Waals surface area contributed by atoms with Crippen LogP contribution in [0.4, 0.5) is 0 Å². The summed E-state index contributed by atoms with van der Waals surface area (Å²) in [6.07, 6.45) is 7.06. The van der Waals surface area contributed by atoms with Crippen LogP contribution in [-0.4, -0.2) is 25.8 Å². The topological polar surface area (TPSA) is 52.6 Å². The van der Waals surface area contributed by atoms with E-state index in [-0.39, 0.29) is 11.6 Å². The Hall–Kier alpha value is -2.88. The number of fused-ring (bicyclic) bond motifs is 2. The van der Waals surface area contributed by atoms with Crippen LogP contribution in [0.1, 0.15) is 63.6 Å². The summed E-state index contributed by atoms with van der Waals surface area (Å²) in [4.78, 5) is 26.0. The number of benzene rings is 2. The van der Waals surface area contributed by atoms with Crippen molar-refractivity contribution >= 4 is 17.6 Å². The van der Waals surface area contributed by atoms with Crippen LogP contribution in [0.25, 0.3) is 6.08 Å². The van der Waals surface area contributed by atoms with E-state index in [1.807, 2.05) is 12.2 Å². The van der Waals surface area contributed by atoms with Crippen LogP contribution in [0.2, 0.25) is 0 Å². The Morgan fingerprint density at radius 1 is 0.962 bits per heavy atom. The fraction of sp³-hybridized carbons (Fsp3) is 0.273. The molecule has 2 aromatic rings. The molecule has 0 aromatic heterocycles. The molecule has 0 fully saturated rings. The van der Waals surface area contributed by atoms with Crippen LogP contribution in [0.15, 0.2) is 36.4 Å². The number of allylic oxidation sites excluding steroid dienone is 1. The summed E-state index contributed by atoms with van der Waals surface area (Å²) in [6, 6.07) is 8.52. The van der Waals surface area contributed by atoms with Gasteiger partial charge in [0.15, 0.2) is 11.6 Å². The molecule has 1 aliphatic rings. The summed E-state index contributed by atoms with van der Waals surface area (Å²) in [5.41, 5.74) is 2.15. The molecule has 0 spiro atoms. The van der Waals surface area contributed by atoms with E-state index >= 15 is 0 Å². The molecule has 2 aromatic carbocycles. The van der Waals surface area contributed by atoms with E-state index in [0.717, 1.165) is 19.3 Å². The lowest BCUT2D eigenvalue weighted by molar-refractivity contribution is 0.0976. The molecule has 26 heavy (non-hydrogen) atoms. The minimum Gasteiger partial charge on any atom is -0.496 e. The molecule has 0 N–H and O–H groups in total. The monoisotopic (exact) mass is 350 g/mol. The van der Waals surface area contributed by atoms with E-state index in [1.165, 1.54) is 7.11 Å². The number of ether oxygens (including phenoxy) is 2. The number of carbonyl (C=O) groups excluding carboxylic acids is 2. The van der Waals surface area contributed by atoms with Gasteiger partial charge in [-0.2, -0.15) is 0 Å². The third-order valence-electron chi connectivity index (χ3n) is 4.60. The Morgan fingerprint density at radius 2 is 1.65 bits per heavy atom. The summed E-state index contributed by atoms with van der Waals surface area (Å²) in [7, 11) is 3.06. The predicted octanol–water partition coefficient (Wildman–Crippen LogP) is 4.68. The summed E-state index contributed by atoms with van der Waals surface area (Å²) in [5.74, 6) is 0.528. The molecule has 0 amide bonds. The largest absolute Gasteiger partial charge is 0.496 e. The van der Waals surface area contributed by atoms with Crippen molar-refractivity contribution in [3.8, 4) is 11.5 Å². The first kappa shape index (κ1) is 17.9. The average Bonchev–Trinajstić information content (AvgIpc) is 2.68. The number of rotatable bonds is 6. The molecule has 0 atom stereocenters. The van der Waals surface area contributed by atoms with Crippen molar-refractivity contribution < 1.29 is 19.1 Å². The standard InChI is InChI=1S/C22H22O4/c1-4-5-6-7-12-16-18(25-2)13-17-19(22(16)26-3)21(24)15-11-9-8-10-14(15)20(17)23/h7-13H,4-6H2,1-3H3/b12-7+. The van der Waals surface area contributed by atoms with Gasteiger partial charge in [-0.1, -0.05) is 56.2 Å². The SMILES string of the molecule is CCCC/C=C/c1c(OC)cc2c(c1OC)C(=O)c1ccccc1C2=O. The highest BCUT2D eigenvalue weighted by Gasteiger charge is 2.34. The van der Waals surface area contributed by atoms with Crippen LogP contribution in [0, 0.1) is 0 Å². The van der Waals surface area contributed by atoms with Gasteiger partial charge in [0, 0.05) is 16.7 Å². The molecule has 1 aliphatic carbocycles. The number of hydrogen-bond donors (Lipinski definition) is 0. The molecule has 0 saturated heterocycles. The van der Waals surface area contributed by atoms with E-state index in [1.54, 1.807) is 37.4 Å². The van der Waals surface area contributed by atoms with Crippen LogP contribution < -0.4 is 9.47 Å². The molecule has 3 rings (SSSR count). The molecular weight excluding hydrogens is 328 g/mol. The van der Waals surface area contributed by atoms with Crippen molar-refractivity contribution in [3.05, 3.63) is 64.2 Å². The minimum atomic E-state index is -0.196. The fourth-order valence-corrected chi connectivity index (χ4v) is 3.28. The number of ketones is 2. The molecule has 0 aliphatic heterocycles. The van der Waals surface area contributed by atoms with E-state index < -0.39 is 0 Å². The van der Waals surface area contributed by atoms with Gasteiger partial charge in [0.1, 0.15) is 11.5 Å². The van der Waals surface area contributed by atoms with Crippen molar-refractivity contribution in [2.24, 2.45) is 0 Å². The molecule has 4 heteroatoms. The zero-order chi connectivity index (χ0) is 18.7. The maximum atomic E-state index is 13.1. The Kier molecular flexibility index (Phi) is 5.21. The summed E-state index contributed by atoms with van der Waals surface area (Å²) in [6.45, 7) is 2.13. The Morgan fingerprint density at radius 3 is 2.27 bits per heavy atom. The molecule has 4 nitrogen and oxygen atoms in total. The molecular formula is C22H22O4. The third-order valence-corrected chi connectivity index (χ3v) is 4.60. The zero-order valence-corrected chi connectivity index (χ0v) is 15.3. The molecule has 0 radical (unpaired) electrons. The number of hydrogen-bond acceptors (Lipinski definition) is 4. The van der Waals surface area contributed by atoms with Crippen LogP contribution >= 0.6 is 0 Å². The minimum absolute atomic E-state index is 0.187. The van der Waals surface area contributed by atoms with E-state index in [2.05, 4.69) is 6.92 Å². The first-order chi connectivity index (χ1) is 12.6. The van der Waals surface area contributed by atoms with E-state index in [9.17, 15) is 9.59 Å². The van der Waals surface area contributed by atoms with E-state index in [0.29, 0.717) is 39.3 Å². The molecule has 0 heterocycles. The quantitative estimate of drug-likeness (QED) is 0.606. The smallest absolute Gasteiger partial charge is 0.198 e. The van der Waals surface area contributed by atoms with Gasteiger partial charge in [0.05, 0.1) is 25.3 Å². The van der Waals surface area contributed by atoms with Gasteiger partial charge in [-0.25, -0.2) is 0 Å². The van der Waals surface area contributed by atoms with Gasteiger partial charge in [0.2, 0.25) is 0 Å². The maximum Gasteiger partial charge on any atom is 0.198 e. The highest BCUT2D eigenvalue weighted by molar-refractivity contribution is 6.29. The third kappa shape index (κ3) is 2.92. The van der Waals surface area contributed by atoms with Gasteiger partial charge in [-0.15, -0.1) is 0 Å². The van der Waals surface area contributed by atoms with Crippen molar-refractivity contribution in [3.63, 3.8) is 0 Å². The second-order valence-electron chi connectivity index (χ2n) is 6.20. The van der Waals surface area contributed by atoms with Gasteiger partial charge >= 0.3 is 0 Å². The summed E-state index contributed by atoms with van der Waals surface area (Å²) in [5, 5.41) is 0. The van der Waals surface area contributed by atoms with Crippen molar-refractivity contribution in [2.45, 2.75) is 26.2 Å². The van der Waals surface area contributed by atoms with Crippen molar-refractivity contribution in [2.75, 3.05) is 14.2 Å². The molecule has 0 bridgehead atoms. The van der Waals surface area contributed by atoms with Crippen molar-refractivity contribution in [1.29, 1.82) is 0 Å². The van der Waals surface area contributed by atoms with Gasteiger partial charge in [-0.05, 0) is 12.5 Å².